The van der Waals surface area contributed by atoms with Crippen LogP contribution in [0.25, 0.3) is 0 Å². The molecular formula is C12H21N3O. The molecule has 0 aromatic rings. The highest BCUT2D eigenvalue weighted by atomic mass is 16.1. The largest absolute Gasteiger partial charge is 0.370 e. The van der Waals surface area contributed by atoms with Gasteiger partial charge in [-0.3, -0.25) is 4.79 Å². The number of carbonyl (C=O) groups is 1. The summed E-state index contributed by atoms with van der Waals surface area (Å²) in [6.07, 6.45) is 5.85. The van der Waals surface area contributed by atoms with E-state index in [1.807, 2.05) is 6.92 Å². The Hall–Kier alpha value is -1.08. The molecule has 0 heterocycles. The summed E-state index contributed by atoms with van der Waals surface area (Å²) in [5.74, 6) is -0.208. The Morgan fingerprint density at radius 3 is 2.81 bits per heavy atom. The number of hydrogen-bond acceptors (Lipinski definition) is 3. The van der Waals surface area contributed by atoms with Crippen LogP contribution in [-0.2, 0) is 4.79 Å². The first-order chi connectivity index (χ1) is 7.63. The van der Waals surface area contributed by atoms with E-state index in [4.69, 9.17) is 11.0 Å². The molecule has 3 N–H and O–H groups in total. The molecule has 1 aliphatic carbocycles. The fourth-order valence-corrected chi connectivity index (χ4v) is 2.39. The van der Waals surface area contributed by atoms with Crippen molar-refractivity contribution in [3.8, 4) is 6.07 Å². The topological polar surface area (TPSA) is 78.9 Å². The van der Waals surface area contributed by atoms with Crippen molar-refractivity contribution in [1.82, 2.24) is 5.32 Å². The number of primary amides is 1. The predicted octanol–water partition coefficient (Wildman–Crippen LogP) is 1.31. The first kappa shape index (κ1) is 13.0. The Kier molecular flexibility index (Phi) is 5.27. The average Bonchev–Trinajstić information content (AvgIpc) is 2.41. The Morgan fingerprint density at radius 2 is 2.19 bits per heavy atom. The number of carbonyl (C=O) groups excluding carboxylic acids is 1. The molecule has 0 aliphatic heterocycles. The standard InChI is InChI=1S/C12H21N3O/c1-9(7-12(14)16)15-11-6-4-2-3-5-10(11)8-13/h9-11,15H,2-7H2,1H3,(H2,14,16). The number of nitrogens with one attached hydrogen (secondary N) is 1. The smallest absolute Gasteiger partial charge is 0.218 e. The van der Waals surface area contributed by atoms with Crippen LogP contribution in [0.4, 0.5) is 0 Å². The van der Waals surface area contributed by atoms with Crippen molar-refractivity contribution in [2.45, 2.75) is 57.5 Å². The minimum absolute atomic E-state index is 0.0662. The van der Waals surface area contributed by atoms with E-state index >= 15 is 0 Å². The van der Waals surface area contributed by atoms with E-state index in [0.29, 0.717) is 6.42 Å². The molecule has 90 valence electrons. The summed E-state index contributed by atoms with van der Waals surface area (Å²) >= 11 is 0. The van der Waals surface area contributed by atoms with Gasteiger partial charge in [0.2, 0.25) is 5.91 Å². The Bertz CT molecular complexity index is 272. The highest BCUT2D eigenvalue weighted by Gasteiger charge is 2.24. The van der Waals surface area contributed by atoms with Crippen LogP contribution in [-0.4, -0.2) is 18.0 Å². The fourth-order valence-electron chi connectivity index (χ4n) is 2.39. The quantitative estimate of drug-likeness (QED) is 0.705. The first-order valence-electron chi connectivity index (χ1n) is 6.07. The van der Waals surface area contributed by atoms with Gasteiger partial charge in [-0.15, -0.1) is 0 Å². The van der Waals surface area contributed by atoms with Gasteiger partial charge in [0.15, 0.2) is 0 Å². The molecular weight excluding hydrogens is 202 g/mol. The lowest BCUT2D eigenvalue weighted by Gasteiger charge is -2.24. The highest BCUT2D eigenvalue weighted by molar-refractivity contribution is 5.74. The molecule has 1 amide bonds. The van der Waals surface area contributed by atoms with Crippen LogP contribution in [0.1, 0.15) is 45.4 Å². The van der Waals surface area contributed by atoms with Crippen molar-refractivity contribution in [3.63, 3.8) is 0 Å². The Balaban J connectivity index is 2.48. The van der Waals surface area contributed by atoms with Gasteiger partial charge in [-0.1, -0.05) is 19.3 Å². The van der Waals surface area contributed by atoms with E-state index in [1.165, 1.54) is 12.8 Å². The predicted molar refractivity (Wildman–Crippen MR) is 62.4 cm³/mol. The Labute approximate surface area is 97.2 Å². The second kappa shape index (κ2) is 6.49. The van der Waals surface area contributed by atoms with Crippen LogP contribution in [0.2, 0.25) is 0 Å². The normalized spacial score (nSPS) is 27.8. The zero-order valence-electron chi connectivity index (χ0n) is 9.91. The fraction of sp³-hybridized carbons (Fsp3) is 0.833. The van der Waals surface area contributed by atoms with Crippen molar-refractivity contribution < 1.29 is 4.79 Å². The van der Waals surface area contributed by atoms with Gasteiger partial charge in [-0.05, 0) is 19.8 Å². The Morgan fingerprint density at radius 1 is 1.50 bits per heavy atom. The molecule has 0 aromatic carbocycles. The van der Waals surface area contributed by atoms with Gasteiger partial charge in [0.1, 0.15) is 0 Å². The third-order valence-electron chi connectivity index (χ3n) is 3.19. The third kappa shape index (κ3) is 4.19. The van der Waals surface area contributed by atoms with Crippen molar-refractivity contribution in [2.24, 2.45) is 11.7 Å². The summed E-state index contributed by atoms with van der Waals surface area (Å²) in [6.45, 7) is 1.95. The second-order valence-corrected chi connectivity index (χ2v) is 4.72. The van der Waals surface area contributed by atoms with Crippen molar-refractivity contribution >= 4 is 5.91 Å². The number of amides is 1. The molecule has 0 radical (unpaired) electrons. The van der Waals surface area contributed by atoms with Gasteiger partial charge in [-0.25, -0.2) is 0 Å². The van der Waals surface area contributed by atoms with Gasteiger partial charge >= 0.3 is 0 Å². The van der Waals surface area contributed by atoms with Crippen LogP contribution >= 0.6 is 0 Å². The molecule has 3 unspecified atom stereocenters. The summed E-state index contributed by atoms with van der Waals surface area (Å²) in [4.78, 5) is 10.8. The maximum atomic E-state index is 10.8. The zero-order valence-corrected chi connectivity index (χ0v) is 9.91. The molecule has 0 spiro atoms. The van der Waals surface area contributed by atoms with Crippen LogP contribution in [0.15, 0.2) is 0 Å². The molecule has 1 saturated carbocycles. The third-order valence-corrected chi connectivity index (χ3v) is 3.19. The molecule has 1 rings (SSSR count). The molecule has 16 heavy (non-hydrogen) atoms. The number of hydrogen-bond donors (Lipinski definition) is 2. The molecule has 4 heteroatoms. The van der Waals surface area contributed by atoms with Gasteiger partial charge < -0.3 is 11.1 Å². The van der Waals surface area contributed by atoms with Gasteiger partial charge in [-0.2, -0.15) is 5.26 Å². The number of nitrogens with two attached hydrogens (primary N) is 1. The molecule has 0 aromatic heterocycles. The van der Waals surface area contributed by atoms with E-state index in [1.54, 1.807) is 0 Å². The average molecular weight is 223 g/mol. The van der Waals surface area contributed by atoms with Gasteiger partial charge in [0.25, 0.3) is 0 Å². The van der Waals surface area contributed by atoms with Crippen molar-refractivity contribution in [3.05, 3.63) is 0 Å². The second-order valence-electron chi connectivity index (χ2n) is 4.72. The SMILES string of the molecule is CC(CC(N)=O)NC1CCCCCC1C#N. The summed E-state index contributed by atoms with van der Waals surface area (Å²) < 4.78 is 0. The summed E-state index contributed by atoms with van der Waals surface area (Å²) in [6, 6.07) is 2.66. The summed E-state index contributed by atoms with van der Waals surface area (Å²) in [5, 5.41) is 12.5. The van der Waals surface area contributed by atoms with E-state index in [9.17, 15) is 4.79 Å². The van der Waals surface area contributed by atoms with E-state index in [-0.39, 0.29) is 23.9 Å². The zero-order chi connectivity index (χ0) is 12.0. The number of nitriles is 1. The van der Waals surface area contributed by atoms with E-state index < -0.39 is 0 Å². The minimum atomic E-state index is -0.290. The lowest BCUT2D eigenvalue weighted by molar-refractivity contribution is -0.118. The first-order valence-corrected chi connectivity index (χ1v) is 6.07. The molecule has 1 aliphatic rings. The van der Waals surface area contributed by atoms with E-state index in [0.717, 1.165) is 19.3 Å². The minimum Gasteiger partial charge on any atom is -0.370 e. The van der Waals surface area contributed by atoms with Crippen LogP contribution in [0, 0.1) is 17.2 Å². The van der Waals surface area contributed by atoms with Crippen LogP contribution < -0.4 is 11.1 Å². The maximum absolute atomic E-state index is 10.8. The van der Waals surface area contributed by atoms with Crippen LogP contribution in [0.3, 0.4) is 0 Å². The lowest BCUT2D eigenvalue weighted by Crippen LogP contribution is -2.42. The molecule has 1 fully saturated rings. The number of nitrogens with zero attached hydrogens (tertiary/aromatic N) is 1. The maximum Gasteiger partial charge on any atom is 0.218 e. The van der Waals surface area contributed by atoms with E-state index in [2.05, 4.69) is 11.4 Å². The summed E-state index contributed by atoms with van der Waals surface area (Å²) in [7, 11) is 0. The van der Waals surface area contributed by atoms with Crippen molar-refractivity contribution in [1.29, 1.82) is 5.26 Å². The monoisotopic (exact) mass is 223 g/mol. The summed E-state index contributed by atoms with van der Waals surface area (Å²) in [5.41, 5.74) is 5.15. The van der Waals surface area contributed by atoms with Gasteiger partial charge in [0, 0.05) is 18.5 Å². The highest BCUT2D eigenvalue weighted by Crippen LogP contribution is 2.23. The molecule has 0 saturated heterocycles. The lowest BCUT2D eigenvalue weighted by atomic mass is 9.95. The molecule has 0 bridgehead atoms. The number of rotatable bonds is 4. The van der Waals surface area contributed by atoms with Crippen molar-refractivity contribution in [2.75, 3.05) is 0 Å². The van der Waals surface area contributed by atoms with Crippen LogP contribution in [0.5, 0.6) is 0 Å². The molecule has 4 nitrogen and oxygen atoms in total. The molecule has 3 atom stereocenters. The van der Waals surface area contributed by atoms with Gasteiger partial charge in [0.05, 0.1) is 12.0 Å².